The third-order valence-corrected chi connectivity index (χ3v) is 7.81. The van der Waals surface area contributed by atoms with Gasteiger partial charge in [-0.15, -0.1) is 0 Å². The van der Waals surface area contributed by atoms with Crippen LogP contribution in [0, 0.1) is 0 Å². The molecule has 0 aliphatic carbocycles. The maximum absolute atomic E-state index is 13.9. The lowest BCUT2D eigenvalue weighted by Gasteiger charge is -2.25. The molecule has 0 N–H and O–H groups in total. The van der Waals surface area contributed by atoms with Crippen LogP contribution in [0.2, 0.25) is 0 Å². The predicted molar refractivity (Wildman–Crippen MR) is 157 cm³/mol. The van der Waals surface area contributed by atoms with Crippen LogP contribution in [-0.4, -0.2) is 30.2 Å². The maximum Gasteiger partial charge on any atom is 0.338 e. The van der Waals surface area contributed by atoms with Crippen LogP contribution in [0.5, 0.6) is 11.5 Å². The summed E-state index contributed by atoms with van der Waals surface area (Å²) in [5.41, 5.74) is 1.76. The number of hydrogen-bond acceptors (Lipinski definition) is 9. The molecular formula is C30H25BrN2O7S. The Morgan fingerprint density at radius 1 is 1.12 bits per heavy atom. The molecule has 1 aliphatic rings. The third-order valence-electron chi connectivity index (χ3n) is 6.30. The predicted octanol–water partition coefficient (Wildman–Crippen LogP) is 4.75. The molecule has 41 heavy (non-hydrogen) atoms. The Labute approximate surface area is 247 Å². The minimum atomic E-state index is -0.859. The summed E-state index contributed by atoms with van der Waals surface area (Å²) in [5, 5.41) is 0. The number of thiazole rings is 1. The van der Waals surface area contributed by atoms with Crippen LogP contribution in [0.1, 0.15) is 38.1 Å². The number of esters is 2. The number of fused-ring (bicyclic) bond motifs is 1. The highest BCUT2D eigenvalue weighted by Crippen LogP contribution is 2.36. The van der Waals surface area contributed by atoms with Gasteiger partial charge in [0.05, 0.1) is 35.6 Å². The van der Waals surface area contributed by atoms with Gasteiger partial charge >= 0.3 is 11.9 Å². The van der Waals surface area contributed by atoms with Gasteiger partial charge in [0.15, 0.2) is 16.3 Å². The molecule has 0 radical (unpaired) electrons. The van der Waals surface area contributed by atoms with E-state index in [1.165, 1.54) is 29.9 Å². The van der Waals surface area contributed by atoms with Crippen molar-refractivity contribution in [2.75, 3.05) is 13.7 Å². The van der Waals surface area contributed by atoms with Crippen LogP contribution in [0.4, 0.5) is 0 Å². The van der Waals surface area contributed by atoms with Gasteiger partial charge in [-0.25, -0.2) is 9.79 Å². The third kappa shape index (κ3) is 5.68. The molecule has 0 saturated carbocycles. The van der Waals surface area contributed by atoms with E-state index in [4.69, 9.17) is 18.6 Å². The Balaban J connectivity index is 1.64. The molecule has 9 nitrogen and oxygen atoms in total. The SMILES string of the molecule is CCOC(=O)C1=C(C)N=c2sc(=Cc3ccc(-c4ccc(Br)cc4)o3)c(=O)n2C1c1ccc(OC(C)=O)c(OC)c1. The first-order valence-corrected chi connectivity index (χ1v) is 14.2. The molecule has 210 valence electrons. The Kier molecular flexibility index (Phi) is 8.09. The van der Waals surface area contributed by atoms with Gasteiger partial charge in [-0.05, 0) is 55.8 Å². The minimum absolute atomic E-state index is 0.153. The fourth-order valence-electron chi connectivity index (χ4n) is 4.53. The molecule has 1 aliphatic heterocycles. The maximum atomic E-state index is 13.9. The molecule has 2 aromatic carbocycles. The summed E-state index contributed by atoms with van der Waals surface area (Å²) in [6.45, 7) is 4.86. The number of hydrogen-bond donors (Lipinski definition) is 0. The van der Waals surface area contributed by atoms with Gasteiger partial charge in [-0.2, -0.15) is 0 Å². The van der Waals surface area contributed by atoms with E-state index in [0.29, 0.717) is 32.1 Å². The summed E-state index contributed by atoms with van der Waals surface area (Å²) in [7, 11) is 1.44. The average molecular weight is 638 g/mol. The minimum Gasteiger partial charge on any atom is -0.493 e. The van der Waals surface area contributed by atoms with Gasteiger partial charge in [-0.3, -0.25) is 14.2 Å². The summed E-state index contributed by atoms with van der Waals surface area (Å²) in [6.07, 6.45) is 1.66. The van der Waals surface area contributed by atoms with E-state index in [9.17, 15) is 14.4 Å². The van der Waals surface area contributed by atoms with Crippen molar-refractivity contribution in [2.24, 2.45) is 4.99 Å². The Morgan fingerprint density at radius 3 is 2.56 bits per heavy atom. The lowest BCUT2D eigenvalue weighted by Crippen LogP contribution is -2.39. The number of methoxy groups -OCH3 is 1. The normalized spacial score (nSPS) is 14.9. The van der Waals surface area contributed by atoms with Crippen molar-refractivity contribution >= 4 is 45.3 Å². The second-order valence-electron chi connectivity index (χ2n) is 9.02. The van der Waals surface area contributed by atoms with E-state index in [0.717, 1.165) is 10.0 Å². The summed E-state index contributed by atoms with van der Waals surface area (Å²) in [4.78, 5) is 43.6. The number of nitrogens with zero attached hydrogens (tertiary/aromatic N) is 2. The van der Waals surface area contributed by atoms with Gasteiger partial charge in [0.1, 0.15) is 11.5 Å². The highest BCUT2D eigenvalue weighted by atomic mass is 79.9. The van der Waals surface area contributed by atoms with Crippen LogP contribution < -0.4 is 24.4 Å². The zero-order chi connectivity index (χ0) is 29.3. The van der Waals surface area contributed by atoms with Crippen LogP contribution in [0.3, 0.4) is 0 Å². The Bertz CT molecular complexity index is 1870. The molecule has 1 atom stereocenters. The lowest BCUT2D eigenvalue weighted by molar-refractivity contribution is -0.139. The molecule has 4 aromatic rings. The fraction of sp³-hybridized carbons (Fsp3) is 0.200. The van der Waals surface area contributed by atoms with Crippen molar-refractivity contribution < 1.29 is 28.2 Å². The van der Waals surface area contributed by atoms with Crippen molar-refractivity contribution in [1.29, 1.82) is 0 Å². The number of aromatic nitrogens is 1. The first-order valence-electron chi connectivity index (χ1n) is 12.6. The monoisotopic (exact) mass is 636 g/mol. The van der Waals surface area contributed by atoms with Crippen molar-refractivity contribution in [3.05, 3.63) is 101 Å². The standard InChI is InChI=1S/C30H25BrN2O7S/c1-5-38-29(36)26-16(2)32-30-33(27(26)19-8-12-23(39-17(3)34)24(14-19)37-4)28(35)25(41-30)15-21-11-13-22(40-21)18-6-9-20(31)10-7-18/h6-15,27H,5H2,1-4H3. The molecule has 2 aromatic heterocycles. The average Bonchev–Trinajstić information content (AvgIpc) is 3.52. The van der Waals surface area contributed by atoms with E-state index >= 15 is 0 Å². The van der Waals surface area contributed by atoms with Crippen molar-refractivity contribution in [3.8, 4) is 22.8 Å². The molecule has 11 heteroatoms. The molecule has 0 saturated heterocycles. The zero-order valence-corrected chi connectivity index (χ0v) is 25.0. The summed E-state index contributed by atoms with van der Waals surface area (Å²) >= 11 is 4.62. The number of ether oxygens (including phenoxy) is 3. The molecule has 3 heterocycles. The van der Waals surface area contributed by atoms with E-state index in [1.54, 1.807) is 44.2 Å². The zero-order valence-electron chi connectivity index (χ0n) is 22.6. The summed E-state index contributed by atoms with van der Waals surface area (Å²) < 4.78 is 24.9. The molecule has 0 spiro atoms. The lowest BCUT2D eigenvalue weighted by atomic mass is 9.95. The van der Waals surface area contributed by atoms with Crippen LogP contribution in [0.25, 0.3) is 17.4 Å². The fourth-order valence-corrected chi connectivity index (χ4v) is 5.82. The van der Waals surface area contributed by atoms with E-state index in [1.807, 2.05) is 30.3 Å². The number of benzene rings is 2. The Morgan fingerprint density at radius 2 is 1.88 bits per heavy atom. The highest BCUT2D eigenvalue weighted by molar-refractivity contribution is 9.10. The molecule has 0 amide bonds. The van der Waals surface area contributed by atoms with Crippen molar-refractivity contribution in [3.63, 3.8) is 0 Å². The number of allylic oxidation sites excluding steroid dienone is 1. The van der Waals surface area contributed by atoms with Gasteiger partial charge in [0, 0.05) is 23.0 Å². The Hall–Kier alpha value is -4.22. The molecule has 5 rings (SSSR count). The van der Waals surface area contributed by atoms with Crippen LogP contribution in [-0.2, 0) is 14.3 Å². The van der Waals surface area contributed by atoms with Crippen molar-refractivity contribution in [1.82, 2.24) is 4.57 Å². The number of carbonyl (C=O) groups is 2. The molecule has 0 fully saturated rings. The number of halogens is 1. The molecule has 1 unspecified atom stereocenters. The number of carbonyl (C=O) groups excluding carboxylic acids is 2. The first-order chi connectivity index (χ1) is 19.7. The molecule has 0 bridgehead atoms. The van der Waals surface area contributed by atoms with E-state index in [-0.39, 0.29) is 29.2 Å². The second kappa shape index (κ2) is 11.7. The second-order valence-corrected chi connectivity index (χ2v) is 10.9. The van der Waals surface area contributed by atoms with Gasteiger partial charge in [0.25, 0.3) is 5.56 Å². The largest absolute Gasteiger partial charge is 0.493 e. The van der Waals surface area contributed by atoms with Crippen LogP contribution in [0.15, 0.2) is 84.5 Å². The smallest absolute Gasteiger partial charge is 0.338 e. The highest BCUT2D eigenvalue weighted by Gasteiger charge is 2.34. The van der Waals surface area contributed by atoms with Gasteiger partial charge in [0.2, 0.25) is 0 Å². The van der Waals surface area contributed by atoms with Gasteiger partial charge < -0.3 is 18.6 Å². The van der Waals surface area contributed by atoms with Crippen LogP contribution >= 0.6 is 27.3 Å². The number of rotatable bonds is 7. The first kappa shape index (κ1) is 28.3. The van der Waals surface area contributed by atoms with Gasteiger partial charge in [-0.1, -0.05) is 45.5 Å². The number of furan rings is 1. The topological polar surface area (TPSA) is 109 Å². The summed E-state index contributed by atoms with van der Waals surface area (Å²) in [5.74, 6) is 0.561. The van der Waals surface area contributed by atoms with E-state index < -0.39 is 18.0 Å². The summed E-state index contributed by atoms with van der Waals surface area (Å²) in [6, 6.07) is 15.4. The van der Waals surface area contributed by atoms with Crippen molar-refractivity contribution in [2.45, 2.75) is 26.8 Å². The quantitative estimate of drug-likeness (QED) is 0.213. The molecular weight excluding hydrogens is 612 g/mol. The van der Waals surface area contributed by atoms with E-state index in [2.05, 4.69) is 20.9 Å².